The lowest BCUT2D eigenvalue weighted by Gasteiger charge is -2.36. The van der Waals surface area contributed by atoms with Crippen molar-refractivity contribution in [3.63, 3.8) is 0 Å². The summed E-state index contributed by atoms with van der Waals surface area (Å²) in [4.78, 5) is 28.8. The van der Waals surface area contributed by atoms with Crippen LogP contribution in [0.25, 0.3) is 22.6 Å². The van der Waals surface area contributed by atoms with Crippen LogP contribution in [0.1, 0.15) is 49.4 Å². The summed E-state index contributed by atoms with van der Waals surface area (Å²) >= 11 is 1.48. The van der Waals surface area contributed by atoms with Crippen LogP contribution >= 0.6 is 11.8 Å². The first-order valence-electron chi connectivity index (χ1n) is 15.7. The molecule has 4 atom stereocenters. The molecule has 5 aromatic rings. The van der Waals surface area contributed by atoms with Crippen LogP contribution in [0, 0.1) is 0 Å². The van der Waals surface area contributed by atoms with Crippen LogP contribution in [-0.2, 0) is 30.4 Å². The molecule has 0 aliphatic carbocycles. The summed E-state index contributed by atoms with van der Waals surface area (Å²) < 4.78 is 24.4. The maximum atomic E-state index is 12.6. The van der Waals surface area contributed by atoms with Crippen molar-refractivity contribution in [3.8, 4) is 22.6 Å². The van der Waals surface area contributed by atoms with E-state index in [0.29, 0.717) is 34.4 Å². The second-order valence-corrected chi connectivity index (χ2v) is 12.4. The van der Waals surface area contributed by atoms with Gasteiger partial charge in [-0.1, -0.05) is 109 Å². The molecule has 1 aliphatic heterocycles. The number of nitrogens with one attached hydrogen (secondary N) is 1. The fraction of sp³-hybridized carbons (Fsp3) is 0.237. The molecule has 2 N–H and O–H groups in total. The van der Waals surface area contributed by atoms with Crippen LogP contribution in [0.15, 0.2) is 119 Å². The minimum Gasteiger partial charge on any atom is -0.453 e. The van der Waals surface area contributed by atoms with E-state index in [0.717, 1.165) is 27.9 Å². The van der Waals surface area contributed by atoms with E-state index in [-0.39, 0.29) is 18.8 Å². The molecule has 0 spiro atoms. The summed E-state index contributed by atoms with van der Waals surface area (Å²) in [7, 11) is 0. The van der Waals surface area contributed by atoms with Gasteiger partial charge in [0, 0.05) is 41.5 Å². The number of esters is 1. The highest BCUT2D eigenvalue weighted by Crippen LogP contribution is 2.41. The third-order valence-electron chi connectivity index (χ3n) is 7.84. The minimum atomic E-state index is -0.943. The van der Waals surface area contributed by atoms with Gasteiger partial charge in [-0.05, 0) is 30.2 Å². The number of aliphatic hydroxyl groups excluding tert-OH is 1. The van der Waals surface area contributed by atoms with E-state index in [4.69, 9.17) is 23.6 Å². The Labute approximate surface area is 283 Å². The molecule has 9 nitrogen and oxygen atoms in total. The number of rotatable bonds is 11. The highest BCUT2D eigenvalue weighted by atomic mass is 32.2. The van der Waals surface area contributed by atoms with E-state index < -0.39 is 24.3 Å². The molecular formula is C38H36N2O7S. The van der Waals surface area contributed by atoms with Gasteiger partial charge in [0.15, 0.2) is 18.2 Å². The van der Waals surface area contributed by atoms with Gasteiger partial charge in [-0.2, -0.15) is 0 Å². The van der Waals surface area contributed by atoms with E-state index in [9.17, 15) is 14.7 Å². The van der Waals surface area contributed by atoms with Crippen molar-refractivity contribution in [2.45, 2.75) is 56.7 Å². The van der Waals surface area contributed by atoms with Crippen molar-refractivity contribution >= 4 is 29.3 Å². The first-order valence-corrected chi connectivity index (χ1v) is 16.7. The van der Waals surface area contributed by atoms with E-state index >= 15 is 0 Å². The third kappa shape index (κ3) is 8.21. The molecule has 246 valence electrons. The Bertz CT molecular complexity index is 1770. The predicted octanol–water partition coefficient (Wildman–Crippen LogP) is 7.73. The normalized spacial score (nSPS) is 18.2. The van der Waals surface area contributed by atoms with Crippen molar-refractivity contribution in [2.75, 3.05) is 11.1 Å². The number of oxazole rings is 1. The number of carbonyl (C=O) groups excluding carboxylic acids is 2. The first kappa shape index (κ1) is 33.2. The quantitative estimate of drug-likeness (QED) is 0.108. The number of aromatic nitrogens is 1. The number of thioether (sulfide) groups is 1. The number of amides is 1. The molecule has 1 aromatic heterocycles. The van der Waals surface area contributed by atoms with Crippen molar-refractivity contribution in [3.05, 3.63) is 126 Å². The Morgan fingerprint density at radius 3 is 2.31 bits per heavy atom. The van der Waals surface area contributed by atoms with Gasteiger partial charge in [0.2, 0.25) is 0 Å². The molecule has 0 radical (unpaired) electrons. The maximum Gasteiger partial charge on any atom is 0.303 e. The van der Waals surface area contributed by atoms with E-state index in [1.165, 1.54) is 25.6 Å². The summed E-state index contributed by atoms with van der Waals surface area (Å²) in [6, 6.07) is 34.8. The summed E-state index contributed by atoms with van der Waals surface area (Å²) in [5.41, 5.74) is 5.70. The van der Waals surface area contributed by atoms with Gasteiger partial charge in [0.05, 0.1) is 18.8 Å². The summed E-state index contributed by atoms with van der Waals surface area (Å²) in [5, 5.41) is 12.9. The van der Waals surface area contributed by atoms with Gasteiger partial charge in [-0.15, -0.1) is 0 Å². The number of ether oxygens (including phenoxy) is 3. The molecule has 4 aromatic carbocycles. The largest absolute Gasteiger partial charge is 0.453 e. The zero-order valence-corrected chi connectivity index (χ0v) is 27.4. The van der Waals surface area contributed by atoms with Crippen LogP contribution in [0.5, 0.6) is 0 Å². The van der Waals surface area contributed by atoms with Crippen LogP contribution in [0.2, 0.25) is 0 Å². The molecule has 1 amide bonds. The number of hydrogen-bond acceptors (Lipinski definition) is 9. The van der Waals surface area contributed by atoms with Gasteiger partial charge in [0.25, 0.3) is 11.1 Å². The number of nitrogens with zero attached hydrogens (tertiary/aromatic N) is 1. The lowest BCUT2D eigenvalue weighted by molar-refractivity contribution is -0.245. The molecule has 2 heterocycles. The van der Waals surface area contributed by atoms with Crippen LogP contribution in [0.4, 0.5) is 5.69 Å². The minimum absolute atomic E-state index is 0.0442. The van der Waals surface area contributed by atoms with Gasteiger partial charge in [-0.25, -0.2) is 4.98 Å². The average molecular weight is 665 g/mol. The molecule has 1 fully saturated rings. The Morgan fingerprint density at radius 2 is 1.62 bits per heavy atom. The van der Waals surface area contributed by atoms with Crippen LogP contribution in [-0.4, -0.2) is 39.9 Å². The molecule has 1 saturated heterocycles. The van der Waals surface area contributed by atoms with E-state index in [1.807, 2.05) is 91.0 Å². The molecule has 6 rings (SSSR count). The van der Waals surface area contributed by atoms with E-state index in [2.05, 4.69) is 5.32 Å². The Morgan fingerprint density at radius 1 is 0.917 bits per heavy atom. The molecular weight excluding hydrogens is 628 g/mol. The van der Waals surface area contributed by atoms with Crippen molar-refractivity contribution in [1.82, 2.24) is 4.98 Å². The van der Waals surface area contributed by atoms with Gasteiger partial charge >= 0.3 is 5.97 Å². The SMILES string of the molecule is CC(=O)OC(C)C(=O)Nc1cccc(C2OC(CSc3nc(-c4ccccc4)c(-c4ccccc4)o3)CC(c3ccc(CO)cc3)O2)c1. The molecule has 10 heteroatoms. The number of benzene rings is 4. The fourth-order valence-corrected chi connectivity index (χ4v) is 6.28. The predicted molar refractivity (Wildman–Crippen MR) is 183 cm³/mol. The van der Waals surface area contributed by atoms with Gasteiger partial charge in [-0.3, -0.25) is 9.59 Å². The number of carbonyl (C=O) groups is 2. The highest BCUT2D eigenvalue weighted by molar-refractivity contribution is 7.99. The third-order valence-corrected chi connectivity index (χ3v) is 8.80. The first-order chi connectivity index (χ1) is 23.4. The zero-order chi connectivity index (χ0) is 33.5. The molecule has 0 saturated carbocycles. The molecule has 4 unspecified atom stereocenters. The fourth-order valence-electron chi connectivity index (χ4n) is 5.44. The topological polar surface area (TPSA) is 120 Å². The van der Waals surface area contributed by atoms with Crippen LogP contribution in [0.3, 0.4) is 0 Å². The van der Waals surface area contributed by atoms with E-state index in [1.54, 1.807) is 18.2 Å². The van der Waals surface area contributed by atoms with Gasteiger partial charge < -0.3 is 29.1 Å². The zero-order valence-electron chi connectivity index (χ0n) is 26.6. The smallest absolute Gasteiger partial charge is 0.303 e. The second-order valence-electron chi connectivity index (χ2n) is 11.4. The number of aliphatic hydroxyl groups is 1. The standard InChI is InChI=1S/C38H36N2O7S/c1-24(44-25(2)42)36(43)39-31-15-9-14-30(20-31)37-45-32(21-33(46-37)27-18-16-26(22-41)17-19-27)23-48-38-40-34(28-10-5-3-6-11-28)35(47-38)29-12-7-4-8-13-29/h3-20,24,32-33,37,41H,21-23H2,1-2H3,(H,39,43). The summed E-state index contributed by atoms with van der Waals surface area (Å²) in [6.07, 6.45) is -1.64. The Hall–Kier alpha value is -4.74. The monoisotopic (exact) mass is 664 g/mol. The van der Waals surface area contributed by atoms with Gasteiger partial charge in [0.1, 0.15) is 5.69 Å². The van der Waals surface area contributed by atoms with Crippen molar-refractivity contribution < 1.29 is 33.3 Å². The highest BCUT2D eigenvalue weighted by Gasteiger charge is 2.33. The lowest BCUT2D eigenvalue weighted by Crippen LogP contribution is -2.31. The number of hydrogen-bond donors (Lipinski definition) is 2. The lowest BCUT2D eigenvalue weighted by atomic mass is 10.0. The summed E-state index contributed by atoms with van der Waals surface area (Å²) in [5.74, 6) is 0.276. The molecule has 0 bridgehead atoms. The summed E-state index contributed by atoms with van der Waals surface area (Å²) in [6.45, 7) is 2.73. The Balaban J connectivity index is 1.23. The molecule has 1 aliphatic rings. The van der Waals surface area contributed by atoms with Crippen molar-refractivity contribution in [1.29, 1.82) is 0 Å². The average Bonchev–Trinajstić information content (AvgIpc) is 3.56. The maximum absolute atomic E-state index is 12.6. The molecule has 48 heavy (non-hydrogen) atoms. The van der Waals surface area contributed by atoms with Crippen LogP contribution < -0.4 is 5.32 Å². The Kier molecular flexibility index (Phi) is 10.7. The van der Waals surface area contributed by atoms with Crippen molar-refractivity contribution in [2.24, 2.45) is 0 Å². The second kappa shape index (κ2) is 15.4. The number of anilines is 1.